The summed E-state index contributed by atoms with van der Waals surface area (Å²) >= 11 is 0. The molecule has 3 aromatic carbocycles. The lowest BCUT2D eigenvalue weighted by molar-refractivity contribution is 0.385. The third kappa shape index (κ3) is 3.28. The van der Waals surface area contributed by atoms with Crippen LogP contribution in [0.5, 0.6) is 23.0 Å². The van der Waals surface area contributed by atoms with Gasteiger partial charge in [-0.15, -0.1) is 0 Å². The minimum Gasteiger partial charge on any atom is -0.497 e. The first kappa shape index (κ1) is 19.9. The molecule has 1 aliphatic carbocycles. The van der Waals surface area contributed by atoms with E-state index in [0.29, 0.717) is 0 Å². The topological polar surface area (TPSA) is 36.9 Å². The monoisotopic (exact) mass is 402 g/mol. The van der Waals surface area contributed by atoms with Gasteiger partial charge in [0.15, 0.2) is 0 Å². The first-order valence-corrected chi connectivity index (χ1v) is 9.87. The second-order valence-electron chi connectivity index (χ2n) is 7.31. The van der Waals surface area contributed by atoms with Gasteiger partial charge in [0, 0.05) is 22.6 Å². The van der Waals surface area contributed by atoms with Crippen LogP contribution in [0.3, 0.4) is 0 Å². The van der Waals surface area contributed by atoms with Crippen LogP contribution in [0.4, 0.5) is 0 Å². The van der Waals surface area contributed by atoms with Crippen molar-refractivity contribution in [1.82, 2.24) is 0 Å². The highest BCUT2D eigenvalue weighted by Crippen LogP contribution is 2.47. The molecular weight excluding hydrogens is 376 g/mol. The standard InChI is InChI=1S/C26H26O4/c1-27-20-10-8-19(9-11-20)26(23-13-12-21(28-2)16-25(23)30-4)15-14-22-18(17-26)6-5-7-24(22)29-3/h5-16H,17H2,1-4H3. The fraction of sp³-hybridized carbons (Fsp3) is 0.231. The maximum Gasteiger partial charge on any atom is 0.126 e. The second kappa shape index (κ2) is 8.15. The number of methoxy groups -OCH3 is 4. The number of hydrogen-bond donors (Lipinski definition) is 0. The van der Waals surface area contributed by atoms with Crippen molar-refractivity contribution in [2.24, 2.45) is 0 Å². The Morgan fingerprint density at radius 1 is 0.700 bits per heavy atom. The molecule has 0 spiro atoms. The van der Waals surface area contributed by atoms with Crippen molar-refractivity contribution >= 4 is 6.08 Å². The molecule has 1 unspecified atom stereocenters. The minimum atomic E-state index is -0.400. The van der Waals surface area contributed by atoms with Crippen LogP contribution < -0.4 is 18.9 Å². The van der Waals surface area contributed by atoms with Gasteiger partial charge in [-0.1, -0.05) is 42.5 Å². The average molecular weight is 402 g/mol. The van der Waals surface area contributed by atoms with Crippen molar-refractivity contribution < 1.29 is 18.9 Å². The molecule has 4 heteroatoms. The van der Waals surface area contributed by atoms with Crippen molar-refractivity contribution in [2.75, 3.05) is 28.4 Å². The van der Waals surface area contributed by atoms with E-state index in [1.807, 2.05) is 36.4 Å². The third-order valence-corrected chi connectivity index (χ3v) is 5.87. The van der Waals surface area contributed by atoms with Gasteiger partial charge in [-0.3, -0.25) is 0 Å². The zero-order chi connectivity index (χ0) is 21.1. The highest BCUT2D eigenvalue weighted by atomic mass is 16.5. The van der Waals surface area contributed by atoms with Gasteiger partial charge in [0.25, 0.3) is 0 Å². The lowest BCUT2D eigenvalue weighted by Crippen LogP contribution is -2.31. The summed E-state index contributed by atoms with van der Waals surface area (Å²) in [5, 5.41) is 0. The van der Waals surface area contributed by atoms with Crippen molar-refractivity contribution in [1.29, 1.82) is 0 Å². The summed E-state index contributed by atoms with van der Waals surface area (Å²) in [4.78, 5) is 0. The normalized spacial score (nSPS) is 17.2. The van der Waals surface area contributed by atoms with Crippen LogP contribution in [0.1, 0.15) is 22.3 Å². The molecule has 154 valence electrons. The molecule has 0 saturated heterocycles. The first-order chi connectivity index (χ1) is 14.6. The predicted octanol–water partition coefficient (Wildman–Crippen LogP) is 5.28. The van der Waals surface area contributed by atoms with E-state index in [1.165, 1.54) is 5.56 Å². The predicted molar refractivity (Wildman–Crippen MR) is 119 cm³/mol. The highest BCUT2D eigenvalue weighted by molar-refractivity contribution is 5.70. The second-order valence-corrected chi connectivity index (χ2v) is 7.31. The minimum absolute atomic E-state index is 0.400. The zero-order valence-corrected chi connectivity index (χ0v) is 17.8. The van der Waals surface area contributed by atoms with Gasteiger partial charge in [-0.2, -0.15) is 0 Å². The summed E-state index contributed by atoms with van der Waals surface area (Å²) in [6.07, 6.45) is 5.20. The van der Waals surface area contributed by atoms with Gasteiger partial charge in [-0.05, 0) is 41.8 Å². The van der Waals surface area contributed by atoms with E-state index < -0.39 is 5.41 Å². The van der Waals surface area contributed by atoms with E-state index in [4.69, 9.17) is 18.9 Å². The van der Waals surface area contributed by atoms with Crippen LogP contribution in [-0.4, -0.2) is 28.4 Å². The molecule has 4 rings (SSSR count). The Balaban J connectivity index is 1.94. The van der Waals surface area contributed by atoms with Crippen molar-refractivity contribution in [2.45, 2.75) is 11.8 Å². The molecule has 0 aliphatic heterocycles. The summed E-state index contributed by atoms with van der Waals surface area (Å²) in [7, 11) is 6.75. The van der Waals surface area contributed by atoms with Crippen LogP contribution in [-0.2, 0) is 11.8 Å². The van der Waals surface area contributed by atoms with E-state index in [1.54, 1.807) is 28.4 Å². The van der Waals surface area contributed by atoms with Gasteiger partial charge in [0.05, 0.1) is 28.4 Å². The summed E-state index contributed by atoms with van der Waals surface area (Å²) < 4.78 is 22.2. The molecular formula is C26H26O4. The molecule has 3 aromatic rings. The molecule has 1 aliphatic rings. The Kier molecular flexibility index (Phi) is 5.40. The smallest absolute Gasteiger partial charge is 0.126 e. The maximum atomic E-state index is 5.80. The molecule has 0 radical (unpaired) electrons. The SMILES string of the molecule is COc1ccc(C2(c3ccc(OC)cc3OC)C=Cc3c(cccc3OC)C2)cc1. The van der Waals surface area contributed by atoms with Crippen molar-refractivity contribution in [3.8, 4) is 23.0 Å². The van der Waals surface area contributed by atoms with Gasteiger partial charge < -0.3 is 18.9 Å². The van der Waals surface area contributed by atoms with Gasteiger partial charge in [-0.25, -0.2) is 0 Å². The quantitative estimate of drug-likeness (QED) is 0.562. The molecule has 0 heterocycles. The number of ether oxygens (including phenoxy) is 4. The molecule has 0 aromatic heterocycles. The molecule has 0 fully saturated rings. The van der Waals surface area contributed by atoms with E-state index in [9.17, 15) is 0 Å². The third-order valence-electron chi connectivity index (χ3n) is 5.87. The highest BCUT2D eigenvalue weighted by Gasteiger charge is 2.38. The van der Waals surface area contributed by atoms with Crippen LogP contribution in [0.2, 0.25) is 0 Å². The Hall–Kier alpha value is -3.40. The fourth-order valence-electron chi connectivity index (χ4n) is 4.29. The summed E-state index contributed by atoms with van der Waals surface area (Å²) in [6, 6.07) is 20.5. The average Bonchev–Trinajstić information content (AvgIpc) is 2.82. The zero-order valence-electron chi connectivity index (χ0n) is 17.8. The van der Waals surface area contributed by atoms with Crippen molar-refractivity contribution in [3.05, 3.63) is 89.0 Å². The number of benzene rings is 3. The van der Waals surface area contributed by atoms with Gasteiger partial charge in [0.1, 0.15) is 23.0 Å². The Morgan fingerprint density at radius 2 is 1.40 bits per heavy atom. The lowest BCUT2D eigenvalue weighted by Gasteiger charge is -2.37. The molecule has 0 amide bonds. The van der Waals surface area contributed by atoms with Crippen LogP contribution >= 0.6 is 0 Å². The molecule has 4 nitrogen and oxygen atoms in total. The Morgan fingerprint density at radius 3 is 2.07 bits per heavy atom. The fourth-order valence-corrected chi connectivity index (χ4v) is 4.29. The maximum absolute atomic E-state index is 5.80. The van der Waals surface area contributed by atoms with E-state index >= 15 is 0 Å². The Bertz CT molecular complexity index is 1070. The van der Waals surface area contributed by atoms with Crippen molar-refractivity contribution in [3.63, 3.8) is 0 Å². The molecule has 0 saturated carbocycles. The van der Waals surface area contributed by atoms with Crippen LogP contribution in [0, 0.1) is 0 Å². The molecule has 0 bridgehead atoms. The Labute approximate surface area is 177 Å². The number of rotatable bonds is 6. The number of fused-ring (bicyclic) bond motifs is 1. The van der Waals surface area contributed by atoms with Crippen LogP contribution in [0.15, 0.2) is 66.7 Å². The molecule has 30 heavy (non-hydrogen) atoms. The molecule has 1 atom stereocenters. The van der Waals surface area contributed by atoms with Gasteiger partial charge >= 0.3 is 0 Å². The number of allylic oxidation sites excluding steroid dienone is 1. The largest absolute Gasteiger partial charge is 0.497 e. The van der Waals surface area contributed by atoms with E-state index in [0.717, 1.165) is 46.1 Å². The lowest BCUT2D eigenvalue weighted by atomic mass is 9.67. The van der Waals surface area contributed by atoms with E-state index in [-0.39, 0.29) is 0 Å². The number of hydrogen-bond acceptors (Lipinski definition) is 4. The molecule has 0 N–H and O–H groups in total. The van der Waals surface area contributed by atoms with E-state index in [2.05, 4.69) is 36.4 Å². The van der Waals surface area contributed by atoms with Gasteiger partial charge in [0.2, 0.25) is 0 Å². The first-order valence-electron chi connectivity index (χ1n) is 9.87. The summed E-state index contributed by atoms with van der Waals surface area (Å²) in [5.74, 6) is 3.27. The summed E-state index contributed by atoms with van der Waals surface area (Å²) in [5.41, 5.74) is 4.20. The van der Waals surface area contributed by atoms with Crippen LogP contribution in [0.25, 0.3) is 6.08 Å². The summed E-state index contributed by atoms with van der Waals surface area (Å²) in [6.45, 7) is 0.